The summed E-state index contributed by atoms with van der Waals surface area (Å²) in [6, 6.07) is 1.96. The van der Waals surface area contributed by atoms with Gasteiger partial charge in [-0.3, -0.25) is 5.10 Å². The summed E-state index contributed by atoms with van der Waals surface area (Å²) in [6.07, 6.45) is 7.45. The van der Waals surface area contributed by atoms with Crippen molar-refractivity contribution in [2.75, 3.05) is 12.4 Å². The monoisotopic (exact) mass is 372 g/mol. The zero-order valence-corrected chi connectivity index (χ0v) is 15.5. The number of anilines is 2. The first-order chi connectivity index (χ1) is 13.0. The molecule has 2 aromatic rings. The average Bonchev–Trinajstić information content (AvgIpc) is 3.03. The highest BCUT2D eigenvalue weighted by atomic mass is 16.6. The molecule has 0 bridgehead atoms. The Hall–Kier alpha value is -2.84. The summed E-state index contributed by atoms with van der Waals surface area (Å²) in [5, 5.41) is 13.4. The third-order valence-electron chi connectivity index (χ3n) is 5.19. The van der Waals surface area contributed by atoms with Crippen molar-refractivity contribution in [3.8, 4) is 5.88 Å². The largest absolute Gasteiger partial charge is 0.480 e. The number of ether oxygens (including phenoxy) is 2. The number of H-pyrrole nitrogens is 1. The lowest BCUT2D eigenvalue weighted by molar-refractivity contribution is 0.0967. The van der Waals surface area contributed by atoms with Crippen LogP contribution in [0.1, 0.15) is 50.6 Å². The first-order valence-electron chi connectivity index (χ1n) is 9.20. The highest BCUT2D eigenvalue weighted by Crippen LogP contribution is 2.37. The summed E-state index contributed by atoms with van der Waals surface area (Å²) in [7, 11) is 1.55. The summed E-state index contributed by atoms with van der Waals surface area (Å²) >= 11 is 0. The lowest BCUT2D eigenvalue weighted by atomic mass is 10.0. The minimum absolute atomic E-state index is 0.0514. The number of nitrogens with zero attached hydrogens (tertiary/aromatic N) is 3. The maximum Gasteiger partial charge on any atom is 0.407 e. The minimum atomic E-state index is -0.300. The van der Waals surface area contributed by atoms with Crippen molar-refractivity contribution in [2.24, 2.45) is 0 Å². The van der Waals surface area contributed by atoms with Crippen LogP contribution in [-0.4, -0.2) is 45.0 Å². The third kappa shape index (κ3) is 4.29. The van der Waals surface area contributed by atoms with E-state index in [1.54, 1.807) is 19.5 Å². The van der Waals surface area contributed by atoms with Gasteiger partial charge in [-0.15, -0.1) is 0 Å². The van der Waals surface area contributed by atoms with Gasteiger partial charge in [-0.25, -0.2) is 14.8 Å². The van der Waals surface area contributed by atoms with Gasteiger partial charge in [0, 0.05) is 23.2 Å². The lowest BCUT2D eigenvalue weighted by Crippen LogP contribution is -2.36. The second-order valence-corrected chi connectivity index (χ2v) is 7.50. The van der Waals surface area contributed by atoms with Crippen molar-refractivity contribution in [2.45, 2.75) is 56.6 Å². The normalized spacial score (nSPS) is 22.9. The standard InChI is InChI=1S/C18H24N6O3/c1-18(5-6-18)22-17(25)27-12-4-3-11(7-12)13-8-14(24-23-13)21-15-9-20-16(26-2)10-19-15/h8-12H,3-7H2,1-2H3,(H,22,25)(H2,19,21,23,24)/t11-,12+/m0/s1. The Morgan fingerprint density at radius 1 is 1.26 bits per heavy atom. The van der Waals surface area contributed by atoms with Crippen LogP contribution in [0.15, 0.2) is 18.5 Å². The third-order valence-corrected chi connectivity index (χ3v) is 5.19. The van der Waals surface area contributed by atoms with Gasteiger partial charge in [0.25, 0.3) is 0 Å². The summed E-state index contributed by atoms with van der Waals surface area (Å²) in [5.74, 6) is 2.02. The molecule has 0 aliphatic heterocycles. The van der Waals surface area contributed by atoms with E-state index in [0.717, 1.165) is 37.8 Å². The number of carbonyl (C=O) groups excluding carboxylic acids is 1. The Labute approximate surface area is 157 Å². The quantitative estimate of drug-likeness (QED) is 0.714. The van der Waals surface area contributed by atoms with Crippen LogP contribution in [0.4, 0.5) is 16.4 Å². The van der Waals surface area contributed by atoms with Gasteiger partial charge in [0.15, 0.2) is 5.82 Å². The van der Waals surface area contributed by atoms with E-state index in [-0.39, 0.29) is 17.7 Å². The Kier molecular flexibility index (Phi) is 4.59. The zero-order chi connectivity index (χ0) is 18.9. The number of amides is 1. The zero-order valence-electron chi connectivity index (χ0n) is 15.5. The number of hydrogen-bond acceptors (Lipinski definition) is 7. The first kappa shape index (κ1) is 17.6. The smallest absolute Gasteiger partial charge is 0.407 e. The van der Waals surface area contributed by atoms with E-state index >= 15 is 0 Å². The predicted molar refractivity (Wildman–Crippen MR) is 98.1 cm³/mol. The molecule has 144 valence electrons. The second-order valence-electron chi connectivity index (χ2n) is 7.50. The van der Waals surface area contributed by atoms with E-state index in [4.69, 9.17) is 9.47 Å². The number of alkyl carbamates (subject to hydrolysis) is 1. The Balaban J connectivity index is 1.30. The molecule has 2 atom stereocenters. The predicted octanol–water partition coefficient (Wildman–Crippen LogP) is 2.87. The molecule has 2 aliphatic rings. The molecule has 2 aliphatic carbocycles. The molecule has 0 unspecified atom stereocenters. The second kappa shape index (κ2) is 7.05. The first-order valence-corrected chi connectivity index (χ1v) is 9.20. The highest BCUT2D eigenvalue weighted by molar-refractivity contribution is 5.69. The van der Waals surface area contributed by atoms with E-state index in [0.29, 0.717) is 23.4 Å². The van der Waals surface area contributed by atoms with Crippen molar-refractivity contribution in [3.63, 3.8) is 0 Å². The van der Waals surface area contributed by atoms with Gasteiger partial charge in [0.1, 0.15) is 11.9 Å². The Bertz CT molecular complexity index is 802. The van der Waals surface area contributed by atoms with Crippen LogP contribution in [0.2, 0.25) is 0 Å². The van der Waals surface area contributed by atoms with Gasteiger partial charge in [0.2, 0.25) is 5.88 Å². The van der Waals surface area contributed by atoms with Crippen LogP contribution in [-0.2, 0) is 4.74 Å². The Morgan fingerprint density at radius 2 is 2.11 bits per heavy atom. The van der Waals surface area contributed by atoms with Crippen molar-refractivity contribution in [3.05, 3.63) is 24.2 Å². The van der Waals surface area contributed by atoms with Crippen LogP contribution in [0.25, 0.3) is 0 Å². The molecule has 9 heteroatoms. The number of hydrogen-bond donors (Lipinski definition) is 3. The number of aromatic amines is 1. The highest BCUT2D eigenvalue weighted by Gasteiger charge is 2.40. The average molecular weight is 372 g/mol. The van der Waals surface area contributed by atoms with Crippen molar-refractivity contribution < 1.29 is 14.3 Å². The van der Waals surface area contributed by atoms with Gasteiger partial charge in [0.05, 0.1) is 19.5 Å². The van der Waals surface area contributed by atoms with Crippen LogP contribution in [0.3, 0.4) is 0 Å². The fourth-order valence-electron chi connectivity index (χ4n) is 3.30. The van der Waals surface area contributed by atoms with E-state index in [1.165, 1.54) is 0 Å². The summed E-state index contributed by atoms with van der Waals surface area (Å²) in [4.78, 5) is 20.3. The summed E-state index contributed by atoms with van der Waals surface area (Å²) in [6.45, 7) is 2.04. The molecule has 2 heterocycles. The van der Waals surface area contributed by atoms with Crippen molar-refractivity contribution in [1.29, 1.82) is 0 Å². The minimum Gasteiger partial charge on any atom is -0.480 e. The molecule has 9 nitrogen and oxygen atoms in total. The fourth-order valence-corrected chi connectivity index (χ4v) is 3.30. The van der Waals surface area contributed by atoms with Gasteiger partial charge >= 0.3 is 6.09 Å². The molecule has 2 aromatic heterocycles. The molecule has 1 amide bonds. The van der Waals surface area contributed by atoms with Gasteiger partial charge in [-0.1, -0.05) is 0 Å². The van der Waals surface area contributed by atoms with Crippen LogP contribution < -0.4 is 15.4 Å². The molecule has 3 N–H and O–H groups in total. The van der Waals surface area contributed by atoms with Crippen molar-refractivity contribution in [1.82, 2.24) is 25.5 Å². The maximum absolute atomic E-state index is 12.0. The molecule has 2 fully saturated rings. The number of nitrogens with one attached hydrogen (secondary N) is 3. The summed E-state index contributed by atoms with van der Waals surface area (Å²) in [5.41, 5.74) is 0.975. The molecular weight excluding hydrogens is 348 g/mol. The SMILES string of the molecule is COc1cnc(Nc2cc([C@H]3CC[C@@H](OC(=O)NC4(C)CC4)C3)[nH]n2)cn1. The summed E-state index contributed by atoms with van der Waals surface area (Å²) < 4.78 is 10.6. The molecule has 2 saturated carbocycles. The van der Waals surface area contributed by atoms with E-state index in [1.807, 2.05) is 13.0 Å². The molecule has 27 heavy (non-hydrogen) atoms. The van der Waals surface area contributed by atoms with Gasteiger partial charge in [-0.05, 0) is 39.0 Å². The topological polar surface area (TPSA) is 114 Å². The number of methoxy groups -OCH3 is 1. The van der Waals surface area contributed by atoms with E-state index < -0.39 is 0 Å². The fraction of sp³-hybridized carbons (Fsp3) is 0.556. The molecular formula is C18H24N6O3. The maximum atomic E-state index is 12.0. The van der Waals surface area contributed by atoms with Crippen LogP contribution in [0.5, 0.6) is 5.88 Å². The number of aromatic nitrogens is 4. The van der Waals surface area contributed by atoms with E-state index in [2.05, 4.69) is 30.8 Å². The van der Waals surface area contributed by atoms with E-state index in [9.17, 15) is 4.79 Å². The molecule has 0 spiro atoms. The van der Waals surface area contributed by atoms with Gasteiger partial charge < -0.3 is 20.1 Å². The van der Waals surface area contributed by atoms with Crippen molar-refractivity contribution >= 4 is 17.7 Å². The van der Waals surface area contributed by atoms with Crippen LogP contribution >= 0.6 is 0 Å². The Morgan fingerprint density at radius 3 is 2.81 bits per heavy atom. The molecule has 0 aromatic carbocycles. The number of rotatable bonds is 6. The number of carbonyl (C=O) groups is 1. The van der Waals surface area contributed by atoms with Crippen LogP contribution in [0, 0.1) is 0 Å². The molecule has 0 radical (unpaired) electrons. The van der Waals surface area contributed by atoms with Gasteiger partial charge in [-0.2, -0.15) is 5.10 Å². The lowest BCUT2D eigenvalue weighted by Gasteiger charge is -2.16. The molecule has 0 saturated heterocycles. The molecule has 4 rings (SSSR count).